The van der Waals surface area contributed by atoms with Crippen LogP contribution in [0.1, 0.15) is 67.2 Å². The van der Waals surface area contributed by atoms with E-state index < -0.39 is 35.5 Å². The van der Waals surface area contributed by atoms with Gasteiger partial charge in [0.05, 0.1) is 25.7 Å². The smallest absolute Gasteiger partial charge is 0.331 e. The van der Waals surface area contributed by atoms with Crippen molar-refractivity contribution < 1.29 is 38.1 Å². The monoisotopic (exact) mass is 530 g/mol. The molecule has 0 aliphatic heterocycles. The Morgan fingerprint density at radius 2 is 0.688 bits per heavy atom. The second-order valence-electron chi connectivity index (χ2n) is 8.00. The van der Waals surface area contributed by atoms with E-state index in [1.165, 1.54) is 13.8 Å². The van der Waals surface area contributed by atoms with Crippen molar-refractivity contribution >= 4 is 74.4 Å². The standard InChI is InChI=1S/C20H34O8S4/c1-11(29)7-15(21)25-19(5,26-16(22)8-12(2)30)20(6,27-17(23)9-13(3)31)28-18(24)10-14(4)32/h11-14,29-32H,7-10H2,1-6H3. The largest absolute Gasteiger partial charge is 0.415 e. The Hall–Kier alpha value is -0.720. The van der Waals surface area contributed by atoms with Gasteiger partial charge in [-0.15, -0.1) is 0 Å². The van der Waals surface area contributed by atoms with E-state index in [2.05, 4.69) is 50.5 Å². The van der Waals surface area contributed by atoms with Gasteiger partial charge in [0.1, 0.15) is 0 Å². The summed E-state index contributed by atoms with van der Waals surface area (Å²) >= 11 is 16.6. The molecule has 4 unspecified atom stereocenters. The molecule has 0 bridgehead atoms. The van der Waals surface area contributed by atoms with Crippen molar-refractivity contribution in [3.8, 4) is 0 Å². The van der Waals surface area contributed by atoms with Gasteiger partial charge in [0.2, 0.25) is 0 Å². The summed E-state index contributed by atoms with van der Waals surface area (Å²) in [7, 11) is 0. The van der Waals surface area contributed by atoms with E-state index in [4.69, 9.17) is 18.9 Å². The van der Waals surface area contributed by atoms with Crippen LogP contribution < -0.4 is 0 Å². The van der Waals surface area contributed by atoms with Crippen molar-refractivity contribution in [2.75, 3.05) is 0 Å². The van der Waals surface area contributed by atoms with Crippen molar-refractivity contribution in [2.45, 2.75) is 99.8 Å². The van der Waals surface area contributed by atoms with Crippen molar-refractivity contribution in [1.82, 2.24) is 0 Å². The number of thiol groups is 4. The summed E-state index contributed by atoms with van der Waals surface area (Å²) in [5.74, 6) is -7.79. The Balaban J connectivity index is 6.23. The number of rotatable bonds is 13. The predicted molar refractivity (Wildman–Crippen MR) is 133 cm³/mol. The fourth-order valence-corrected chi connectivity index (χ4v) is 3.01. The van der Waals surface area contributed by atoms with E-state index in [1.54, 1.807) is 27.7 Å². The van der Waals surface area contributed by atoms with E-state index in [9.17, 15) is 19.2 Å². The molecule has 0 aromatic carbocycles. The minimum absolute atomic E-state index is 0.140. The lowest BCUT2D eigenvalue weighted by atomic mass is 10.1. The molecule has 0 amide bonds. The Labute approximate surface area is 211 Å². The summed E-state index contributed by atoms with van der Waals surface area (Å²) in [4.78, 5) is 49.9. The first kappa shape index (κ1) is 31.3. The summed E-state index contributed by atoms with van der Waals surface area (Å²) in [6.07, 6.45) is -0.561. The first-order chi connectivity index (χ1) is 14.5. The lowest BCUT2D eigenvalue weighted by Gasteiger charge is -2.42. The second kappa shape index (κ2) is 13.9. The summed E-state index contributed by atoms with van der Waals surface area (Å²) in [5, 5.41) is -1.48. The van der Waals surface area contributed by atoms with Crippen molar-refractivity contribution in [2.24, 2.45) is 0 Å². The molecule has 0 fully saturated rings. The first-order valence-corrected chi connectivity index (χ1v) is 12.2. The van der Waals surface area contributed by atoms with Crippen molar-refractivity contribution in [1.29, 1.82) is 0 Å². The molecule has 0 aromatic heterocycles. The number of hydrogen-bond donors (Lipinski definition) is 4. The van der Waals surface area contributed by atoms with Crippen LogP contribution in [0.3, 0.4) is 0 Å². The van der Waals surface area contributed by atoms with Crippen LogP contribution in [0.2, 0.25) is 0 Å². The Bertz CT molecular complexity index is 560. The minimum atomic E-state index is -2.29. The van der Waals surface area contributed by atoms with Crippen LogP contribution in [-0.4, -0.2) is 56.5 Å². The zero-order valence-electron chi connectivity index (χ0n) is 19.2. The predicted octanol–water partition coefficient (Wildman–Crippen LogP) is 3.43. The highest BCUT2D eigenvalue weighted by molar-refractivity contribution is 7.81. The highest BCUT2D eigenvalue weighted by Crippen LogP contribution is 2.35. The molecule has 186 valence electrons. The number of hydrogen-bond acceptors (Lipinski definition) is 12. The maximum absolute atomic E-state index is 12.5. The molecular formula is C20H34O8S4. The summed E-state index contributed by atoms with van der Waals surface area (Å²) in [5.41, 5.74) is 0. The average molecular weight is 531 g/mol. The molecule has 0 spiro atoms. The molecule has 8 nitrogen and oxygen atoms in total. The highest BCUT2D eigenvalue weighted by Gasteiger charge is 2.58. The van der Waals surface area contributed by atoms with Crippen LogP contribution in [0.15, 0.2) is 0 Å². The lowest BCUT2D eigenvalue weighted by Crippen LogP contribution is -2.60. The third kappa shape index (κ3) is 11.9. The number of esters is 4. The Morgan fingerprint density at radius 3 is 0.812 bits per heavy atom. The summed E-state index contributed by atoms with van der Waals surface area (Å²) in [6.45, 7) is 9.03. The van der Waals surface area contributed by atoms with Crippen molar-refractivity contribution in [3.63, 3.8) is 0 Å². The van der Waals surface area contributed by atoms with Gasteiger partial charge in [-0.05, 0) is 0 Å². The molecule has 0 heterocycles. The number of carbonyl (C=O) groups is 4. The molecule has 0 aliphatic rings. The molecule has 12 heteroatoms. The molecule has 0 saturated heterocycles. The van der Waals surface area contributed by atoms with Crippen LogP contribution in [0, 0.1) is 0 Å². The molecule has 32 heavy (non-hydrogen) atoms. The highest BCUT2D eigenvalue weighted by atomic mass is 32.1. The molecule has 0 aromatic rings. The zero-order valence-corrected chi connectivity index (χ0v) is 22.8. The lowest BCUT2D eigenvalue weighted by molar-refractivity contribution is -0.351. The molecule has 0 radical (unpaired) electrons. The molecule has 0 N–H and O–H groups in total. The molecule has 0 saturated carbocycles. The molecular weight excluding hydrogens is 496 g/mol. The first-order valence-electron chi connectivity index (χ1n) is 10.1. The van der Waals surface area contributed by atoms with Crippen LogP contribution in [-0.2, 0) is 38.1 Å². The van der Waals surface area contributed by atoms with E-state index in [1.807, 2.05) is 0 Å². The zero-order chi connectivity index (χ0) is 25.3. The van der Waals surface area contributed by atoms with Gasteiger partial charge in [-0.25, -0.2) is 0 Å². The fourth-order valence-electron chi connectivity index (χ4n) is 2.41. The van der Waals surface area contributed by atoms with Gasteiger partial charge in [0.25, 0.3) is 0 Å². The van der Waals surface area contributed by atoms with Crippen LogP contribution in [0.25, 0.3) is 0 Å². The minimum Gasteiger partial charge on any atom is -0.415 e. The van der Waals surface area contributed by atoms with Gasteiger partial charge in [-0.2, -0.15) is 50.5 Å². The number of carbonyl (C=O) groups excluding carboxylic acids is 4. The van der Waals surface area contributed by atoms with Gasteiger partial charge in [-0.1, -0.05) is 27.7 Å². The van der Waals surface area contributed by atoms with E-state index in [0.29, 0.717) is 0 Å². The molecule has 4 atom stereocenters. The fraction of sp³-hybridized carbons (Fsp3) is 0.800. The van der Waals surface area contributed by atoms with E-state index >= 15 is 0 Å². The van der Waals surface area contributed by atoms with Gasteiger partial charge in [0, 0.05) is 34.8 Å². The van der Waals surface area contributed by atoms with Gasteiger partial charge >= 0.3 is 35.5 Å². The molecule has 0 aliphatic carbocycles. The number of ether oxygens (including phenoxy) is 4. The van der Waals surface area contributed by atoms with Gasteiger partial charge in [-0.3, -0.25) is 19.2 Å². The van der Waals surface area contributed by atoms with E-state index in [0.717, 1.165) is 0 Å². The maximum Gasteiger partial charge on any atom is 0.331 e. The van der Waals surface area contributed by atoms with E-state index in [-0.39, 0.29) is 46.7 Å². The third-order valence-corrected chi connectivity index (χ3v) is 4.64. The summed E-state index contributed by atoms with van der Waals surface area (Å²) in [6, 6.07) is 0. The van der Waals surface area contributed by atoms with Crippen LogP contribution in [0.4, 0.5) is 0 Å². The van der Waals surface area contributed by atoms with Crippen LogP contribution in [0.5, 0.6) is 0 Å². The molecule has 0 rings (SSSR count). The second-order valence-corrected chi connectivity index (χ2v) is 11.5. The maximum atomic E-state index is 12.5. The van der Waals surface area contributed by atoms with Gasteiger partial charge < -0.3 is 18.9 Å². The SMILES string of the molecule is CC(S)CC(=O)OC(C)(OC(=O)CC(C)S)C(C)(OC(=O)CC(C)S)OC(=O)CC(C)S. The van der Waals surface area contributed by atoms with Crippen LogP contribution >= 0.6 is 50.5 Å². The average Bonchev–Trinajstić information content (AvgIpc) is 2.49. The van der Waals surface area contributed by atoms with Crippen molar-refractivity contribution in [3.05, 3.63) is 0 Å². The van der Waals surface area contributed by atoms with Gasteiger partial charge in [0.15, 0.2) is 0 Å². The topological polar surface area (TPSA) is 105 Å². The normalized spacial score (nSPS) is 18.7. The Kier molecular flexibility index (Phi) is 13.5. The summed E-state index contributed by atoms with van der Waals surface area (Å²) < 4.78 is 21.7. The Morgan fingerprint density at radius 1 is 0.531 bits per heavy atom. The third-order valence-electron chi connectivity index (χ3n) is 3.91. The quantitative estimate of drug-likeness (QED) is 0.163.